The largest absolute Gasteiger partial charge is 0.480 e. The smallest absolute Gasteiger partial charge is 0.348 e. The first kappa shape index (κ1) is 35.8. The number of carbonyl (C=O) groups excluding carboxylic acids is 2. The Morgan fingerprint density at radius 1 is 1.07 bits per heavy atom. The molecule has 0 bridgehead atoms. The zero-order valence-electron chi connectivity index (χ0n) is 25.9. The molecule has 0 saturated heterocycles. The Kier molecular flexibility index (Phi) is 13.7. The van der Waals surface area contributed by atoms with Crippen LogP contribution in [-0.4, -0.2) is 57.6 Å². The minimum atomic E-state index is -1.04. The third-order valence-corrected chi connectivity index (χ3v) is 9.41. The van der Waals surface area contributed by atoms with Gasteiger partial charge >= 0.3 is 11.9 Å². The van der Waals surface area contributed by atoms with E-state index < -0.39 is 18.0 Å². The third-order valence-electron chi connectivity index (χ3n) is 7.66. The van der Waals surface area contributed by atoms with Gasteiger partial charge in [0, 0.05) is 27.9 Å². The van der Waals surface area contributed by atoms with Gasteiger partial charge in [-0.05, 0) is 88.6 Å². The van der Waals surface area contributed by atoms with E-state index in [-0.39, 0.29) is 28.7 Å². The van der Waals surface area contributed by atoms with E-state index in [0.717, 1.165) is 60.3 Å². The summed E-state index contributed by atoms with van der Waals surface area (Å²) in [5.74, 6) is -1.69. The van der Waals surface area contributed by atoms with Crippen LogP contribution in [0.3, 0.4) is 0 Å². The Morgan fingerprint density at radius 3 is 2.27 bits per heavy atom. The van der Waals surface area contributed by atoms with Gasteiger partial charge in [-0.3, -0.25) is 14.4 Å². The maximum absolute atomic E-state index is 13.5. The van der Waals surface area contributed by atoms with Crippen LogP contribution in [0.25, 0.3) is 10.4 Å². The van der Waals surface area contributed by atoms with Crippen molar-refractivity contribution in [3.63, 3.8) is 0 Å². The average molecular weight is 658 g/mol. The van der Waals surface area contributed by atoms with Gasteiger partial charge in [-0.2, -0.15) is 0 Å². The molecule has 7 N–H and O–H groups in total. The molecule has 0 spiro atoms. The van der Waals surface area contributed by atoms with Crippen LogP contribution < -0.4 is 21.7 Å². The normalized spacial score (nSPS) is 16.8. The molecule has 2 amide bonds. The summed E-state index contributed by atoms with van der Waals surface area (Å²) in [5, 5.41) is 22.7. The Bertz CT molecular complexity index is 1420. The summed E-state index contributed by atoms with van der Waals surface area (Å²) in [6, 6.07) is 8.14. The standard InChI is InChI=1S/C26H29N3O4S2.C6H14N2O2/c1-15(2)29(25(31)18-6-4-16(3)5-7-18)21-12-22(35-23(21)26(32)33)17-8-10-19(11-9-17)28-24(30)20-13-34-14-27-20;7-4-2-1-3-5(8)6(9)10/h8-16,18H,4-7H2,1-3H3,(H,28,30)(H,32,33);5H,1-4,7-8H2,(H,9,10)/t;5-/m.0/s1. The van der Waals surface area contributed by atoms with E-state index >= 15 is 0 Å². The van der Waals surface area contributed by atoms with E-state index in [2.05, 4.69) is 17.2 Å². The number of carbonyl (C=O) groups is 4. The number of aromatic carboxylic acids is 1. The number of aliphatic carboxylic acids is 1. The number of carboxylic acids is 2. The number of nitrogens with one attached hydrogen (secondary N) is 1. The van der Waals surface area contributed by atoms with Gasteiger partial charge in [0.05, 0.1) is 11.2 Å². The first-order valence-corrected chi connectivity index (χ1v) is 16.9. The van der Waals surface area contributed by atoms with Gasteiger partial charge in [0.2, 0.25) is 5.91 Å². The summed E-state index contributed by atoms with van der Waals surface area (Å²) >= 11 is 2.51. The number of hydrogen-bond donors (Lipinski definition) is 5. The van der Waals surface area contributed by atoms with Gasteiger partial charge in [-0.25, -0.2) is 9.78 Å². The molecule has 1 aliphatic rings. The van der Waals surface area contributed by atoms with Crippen LogP contribution >= 0.6 is 22.7 Å². The molecule has 2 heterocycles. The van der Waals surface area contributed by atoms with Crippen LogP contribution in [0.4, 0.5) is 11.4 Å². The number of unbranched alkanes of at least 4 members (excludes halogenated alkanes) is 1. The van der Waals surface area contributed by atoms with Crippen molar-refractivity contribution in [2.45, 2.75) is 77.8 Å². The summed E-state index contributed by atoms with van der Waals surface area (Å²) in [6.45, 7) is 6.66. The highest BCUT2D eigenvalue weighted by molar-refractivity contribution is 7.18. The summed E-state index contributed by atoms with van der Waals surface area (Å²) in [7, 11) is 0. The van der Waals surface area contributed by atoms with E-state index in [0.29, 0.717) is 36.0 Å². The molecule has 244 valence electrons. The van der Waals surface area contributed by atoms with Crippen molar-refractivity contribution in [2.75, 3.05) is 16.8 Å². The fourth-order valence-corrected chi connectivity index (χ4v) is 6.61. The number of hydrogen-bond acceptors (Lipinski definition) is 9. The molecule has 45 heavy (non-hydrogen) atoms. The van der Waals surface area contributed by atoms with Crippen molar-refractivity contribution in [2.24, 2.45) is 23.3 Å². The van der Waals surface area contributed by atoms with Crippen LogP contribution in [0.2, 0.25) is 0 Å². The predicted octanol–water partition coefficient (Wildman–Crippen LogP) is 5.92. The van der Waals surface area contributed by atoms with E-state index in [1.54, 1.807) is 34.0 Å². The highest BCUT2D eigenvalue weighted by atomic mass is 32.1. The van der Waals surface area contributed by atoms with Crippen LogP contribution in [-0.2, 0) is 9.59 Å². The fourth-order valence-electron chi connectivity index (χ4n) is 5.08. The van der Waals surface area contributed by atoms with Gasteiger partial charge in [-0.15, -0.1) is 22.7 Å². The number of nitrogens with zero attached hydrogens (tertiary/aromatic N) is 2. The average Bonchev–Trinajstić information content (AvgIpc) is 3.70. The first-order chi connectivity index (χ1) is 21.4. The molecule has 1 aliphatic carbocycles. The number of anilines is 2. The zero-order valence-corrected chi connectivity index (χ0v) is 27.5. The Labute approximate surface area is 271 Å². The van der Waals surface area contributed by atoms with E-state index in [9.17, 15) is 24.3 Å². The van der Waals surface area contributed by atoms with E-state index in [1.807, 2.05) is 26.0 Å². The SMILES string of the molecule is CC1CCC(C(=O)N(c2cc(-c3ccc(NC(=O)c4cscn4)cc3)sc2C(=O)O)C(C)C)CC1.NCCCC[C@H](N)C(=O)O. The summed E-state index contributed by atoms with van der Waals surface area (Å²) < 4.78 is 0. The molecule has 11 nitrogen and oxygen atoms in total. The molecule has 1 atom stereocenters. The lowest BCUT2D eigenvalue weighted by atomic mass is 9.82. The Hall–Kier alpha value is -3.65. The number of thiophene rings is 1. The number of thiazole rings is 1. The maximum atomic E-state index is 13.5. The van der Waals surface area contributed by atoms with Crippen LogP contribution in [0.1, 0.15) is 85.9 Å². The van der Waals surface area contributed by atoms with Crippen molar-refractivity contribution in [3.05, 3.63) is 51.8 Å². The monoisotopic (exact) mass is 657 g/mol. The Balaban J connectivity index is 0.000000477. The number of benzene rings is 1. The second-order valence-corrected chi connectivity index (χ2v) is 13.3. The van der Waals surface area contributed by atoms with Gasteiger partial charge < -0.3 is 31.9 Å². The molecule has 0 unspecified atom stereocenters. The second-order valence-electron chi connectivity index (χ2n) is 11.5. The van der Waals surface area contributed by atoms with E-state index in [4.69, 9.17) is 16.6 Å². The highest BCUT2D eigenvalue weighted by Crippen LogP contribution is 2.40. The molecule has 2 aromatic heterocycles. The van der Waals surface area contributed by atoms with E-state index in [1.165, 1.54) is 11.3 Å². The van der Waals surface area contributed by atoms with Crippen molar-refractivity contribution in [1.29, 1.82) is 0 Å². The molecule has 0 radical (unpaired) electrons. The minimum Gasteiger partial charge on any atom is -0.480 e. The molecule has 3 aromatic rings. The zero-order chi connectivity index (χ0) is 33.1. The van der Waals surface area contributed by atoms with Crippen LogP contribution in [0.5, 0.6) is 0 Å². The van der Waals surface area contributed by atoms with Crippen LogP contribution in [0.15, 0.2) is 41.2 Å². The number of rotatable bonds is 12. The minimum absolute atomic E-state index is 0.0128. The van der Waals surface area contributed by atoms with Gasteiger partial charge in [0.15, 0.2) is 0 Å². The fraction of sp³-hybridized carbons (Fsp3) is 0.469. The number of amides is 2. The van der Waals surface area contributed by atoms with Crippen molar-refractivity contribution in [3.8, 4) is 10.4 Å². The van der Waals surface area contributed by atoms with Gasteiger partial charge in [0.1, 0.15) is 16.6 Å². The molecule has 1 saturated carbocycles. The number of nitrogens with two attached hydrogens (primary N) is 2. The molecular formula is C32H43N5O6S2. The molecule has 1 fully saturated rings. The molecule has 1 aromatic carbocycles. The van der Waals surface area contributed by atoms with Crippen molar-refractivity contribution in [1.82, 2.24) is 4.98 Å². The highest BCUT2D eigenvalue weighted by Gasteiger charge is 2.33. The van der Waals surface area contributed by atoms with Gasteiger partial charge in [-0.1, -0.05) is 25.5 Å². The molecule has 4 rings (SSSR count). The summed E-state index contributed by atoms with van der Waals surface area (Å²) in [4.78, 5) is 54.6. The molecule has 13 heteroatoms. The third kappa shape index (κ3) is 10.2. The molecule has 0 aliphatic heterocycles. The van der Waals surface area contributed by atoms with Gasteiger partial charge in [0.25, 0.3) is 5.91 Å². The predicted molar refractivity (Wildman–Crippen MR) is 179 cm³/mol. The number of aromatic nitrogens is 1. The van der Waals surface area contributed by atoms with Crippen molar-refractivity contribution < 1.29 is 29.4 Å². The summed E-state index contributed by atoms with van der Waals surface area (Å²) in [6.07, 6.45) is 5.90. The molecular weight excluding hydrogens is 615 g/mol. The lowest BCUT2D eigenvalue weighted by Crippen LogP contribution is -2.42. The lowest BCUT2D eigenvalue weighted by molar-refractivity contribution is -0.138. The van der Waals surface area contributed by atoms with Crippen molar-refractivity contribution >= 4 is 57.8 Å². The topological polar surface area (TPSA) is 189 Å². The number of carboxylic acid groups (broad SMARTS) is 2. The maximum Gasteiger partial charge on any atom is 0.348 e. The Morgan fingerprint density at radius 2 is 1.73 bits per heavy atom. The summed E-state index contributed by atoms with van der Waals surface area (Å²) in [5.41, 5.74) is 14.3. The second kappa shape index (κ2) is 17.2. The van der Waals surface area contributed by atoms with Crippen LogP contribution in [0, 0.1) is 11.8 Å². The lowest BCUT2D eigenvalue weighted by Gasteiger charge is -2.33. The quantitative estimate of drug-likeness (QED) is 0.147. The first-order valence-electron chi connectivity index (χ1n) is 15.1.